The van der Waals surface area contributed by atoms with Crippen LogP contribution in [0.15, 0.2) is 47.8 Å². The number of halogens is 2. The third-order valence-electron chi connectivity index (χ3n) is 5.73. The van der Waals surface area contributed by atoms with Gasteiger partial charge in [0.05, 0.1) is 17.7 Å². The number of carbonyl (C=O) groups excluding carboxylic acids is 2. The molecule has 1 aromatic heterocycles. The number of Topliss-reactive ketones (excluding diaryl/α,β-unsaturated/α-hetero) is 1. The van der Waals surface area contributed by atoms with Gasteiger partial charge in [0.25, 0.3) is 0 Å². The molecule has 0 unspecified atom stereocenters. The van der Waals surface area contributed by atoms with E-state index in [2.05, 4.69) is 4.98 Å². The Bertz CT molecular complexity index is 1140. The van der Waals surface area contributed by atoms with Crippen molar-refractivity contribution in [1.29, 1.82) is 0 Å². The number of aryl methyl sites for hydroxylation is 1. The lowest BCUT2D eigenvalue weighted by Crippen LogP contribution is -2.41. The molecule has 2 heterocycles. The summed E-state index contributed by atoms with van der Waals surface area (Å²) < 4.78 is 33.1. The minimum atomic E-state index is -0.717. The molecule has 0 saturated carbocycles. The van der Waals surface area contributed by atoms with Gasteiger partial charge >= 0.3 is 0 Å². The van der Waals surface area contributed by atoms with Crippen LogP contribution in [-0.2, 0) is 17.8 Å². The topological polar surface area (TPSA) is 59.5 Å². The second kappa shape index (κ2) is 10.2. The smallest absolute Gasteiger partial charge is 0.228 e. The highest BCUT2D eigenvalue weighted by atomic mass is 32.1. The number of ketones is 1. The first kappa shape index (κ1) is 23.0. The Labute approximate surface area is 195 Å². The summed E-state index contributed by atoms with van der Waals surface area (Å²) in [4.78, 5) is 31.5. The zero-order valence-electron chi connectivity index (χ0n) is 18.2. The standard InChI is InChI=1S/C25H24F2N2O3S/c1-16-2-5-20(6-3-16)32-14-23-28-19(15-33-23)13-24(30)29-10-8-17(9-11-29)25(31)21-12-18(26)4-7-22(21)27/h2-7,12,15,17H,8-11,13-14H2,1H3. The number of thiazole rings is 1. The van der Waals surface area contributed by atoms with Crippen molar-refractivity contribution >= 4 is 23.0 Å². The maximum atomic E-state index is 13.9. The minimum absolute atomic E-state index is 0.0610. The molecule has 2 aromatic carbocycles. The van der Waals surface area contributed by atoms with Gasteiger partial charge in [-0.3, -0.25) is 9.59 Å². The fourth-order valence-corrected chi connectivity index (χ4v) is 4.55. The number of aromatic nitrogens is 1. The summed E-state index contributed by atoms with van der Waals surface area (Å²) in [5.74, 6) is -1.48. The average molecular weight is 471 g/mol. The first-order valence-electron chi connectivity index (χ1n) is 10.8. The van der Waals surface area contributed by atoms with Gasteiger partial charge in [-0.1, -0.05) is 17.7 Å². The Morgan fingerprint density at radius 1 is 1.12 bits per heavy atom. The second-order valence-corrected chi connectivity index (χ2v) is 9.10. The summed E-state index contributed by atoms with van der Waals surface area (Å²) in [7, 11) is 0. The Kier molecular flexibility index (Phi) is 7.13. The van der Waals surface area contributed by atoms with Crippen LogP contribution in [0.5, 0.6) is 5.75 Å². The van der Waals surface area contributed by atoms with E-state index in [1.54, 1.807) is 4.90 Å². The molecule has 0 atom stereocenters. The first-order chi connectivity index (χ1) is 15.9. The molecular weight excluding hydrogens is 446 g/mol. The average Bonchev–Trinajstić information content (AvgIpc) is 3.27. The summed E-state index contributed by atoms with van der Waals surface area (Å²) >= 11 is 1.45. The van der Waals surface area contributed by atoms with Crippen molar-refractivity contribution in [3.8, 4) is 5.75 Å². The van der Waals surface area contributed by atoms with Gasteiger partial charge in [0.15, 0.2) is 5.78 Å². The lowest BCUT2D eigenvalue weighted by Gasteiger charge is -2.31. The number of carbonyl (C=O) groups is 2. The van der Waals surface area contributed by atoms with Crippen molar-refractivity contribution in [3.05, 3.63) is 81.3 Å². The predicted molar refractivity (Wildman–Crippen MR) is 121 cm³/mol. The number of hydrogen-bond acceptors (Lipinski definition) is 5. The van der Waals surface area contributed by atoms with Crippen molar-refractivity contribution in [2.45, 2.75) is 32.8 Å². The van der Waals surface area contributed by atoms with E-state index < -0.39 is 23.3 Å². The zero-order valence-corrected chi connectivity index (χ0v) is 19.0. The van der Waals surface area contributed by atoms with Crippen molar-refractivity contribution in [1.82, 2.24) is 9.88 Å². The summed E-state index contributed by atoms with van der Waals surface area (Å²) in [5, 5.41) is 2.65. The molecule has 3 aromatic rings. The second-order valence-electron chi connectivity index (χ2n) is 8.15. The SMILES string of the molecule is Cc1ccc(OCc2nc(CC(=O)N3CCC(C(=O)c4cc(F)ccc4F)CC3)cs2)cc1. The Morgan fingerprint density at radius 2 is 1.85 bits per heavy atom. The highest BCUT2D eigenvalue weighted by Crippen LogP contribution is 2.24. The zero-order chi connectivity index (χ0) is 23.4. The van der Waals surface area contributed by atoms with Crippen molar-refractivity contribution in [3.63, 3.8) is 0 Å². The summed E-state index contributed by atoms with van der Waals surface area (Å²) in [6, 6.07) is 10.7. The van der Waals surface area contributed by atoms with Gasteiger partial charge < -0.3 is 9.64 Å². The maximum Gasteiger partial charge on any atom is 0.228 e. The quantitative estimate of drug-likeness (QED) is 0.458. The van der Waals surface area contributed by atoms with Crippen molar-refractivity contribution < 1.29 is 23.1 Å². The van der Waals surface area contributed by atoms with E-state index in [1.807, 2.05) is 36.6 Å². The van der Waals surface area contributed by atoms with Crippen LogP contribution in [0.4, 0.5) is 8.78 Å². The van der Waals surface area contributed by atoms with Crippen LogP contribution in [0.25, 0.3) is 0 Å². The number of likely N-dealkylation sites (tertiary alicyclic amines) is 1. The third-order valence-corrected chi connectivity index (χ3v) is 6.60. The largest absolute Gasteiger partial charge is 0.486 e. The molecule has 8 heteroatoms. The summed E-state index contributed by atoms with van der Waals surface area (Å²) in [5.41, 5.74) is 1.63. The highest BCUT2D eigenvalue weighted by Gasteiger charge is 2.29. The lowest BCUT2D eigenvalue weighted by molar-refractivity contribution is -0.131. The molecule has 1 aliphatic heterocycles. The van der Waals surface area contributed by atoms with Crippen molar-refractivity contribution in [2.24, 2.45) is 5.92 Å². The molecule has 1 fully saturated rings. The van der Waals surface area contributed by atoms with Crippen LogP contribution in [0.2, 0.25) is 0 Å². The Hall–Kier alpha value is -3.13. The molecule has 1 saturated heterocycles. The number of nitrogens with zero attached hydrogens (tertiary/aromatic N) is 2. The fraction of sp³-hybridized carbons (Fsp3) is 0.320. The van der Waals surface area contributed by atoms with Crippen LogP contribution in [0, 0.1) is 24.5 Å². The predicted octanol–water partition coefficient (Wildman–Crippen LogP) is 4.97. The number of benzene rings is 2. The molecular formula is C25H24F2N2O3S. The van der Waals surface area contributed by atoms with Gasteiger partial charge in [-0.05, 0) is 50.1 Å². The Morgan fingerprint density at radius 3 is 2.58 bits per heavy atom. The van der Waals surface area contributed by atoms with Crippen molar-refractivity contribution in [2.75, 3.05) is 13.1 Å². The first-order valence-corrected chi connectivity index (χ1v) is 11.7. The van der Waals surface area contributed by atoms with Gasteiger partial charge in [0.1, 0.15) is 29.0 Å². The monoisotopic (exact) mass is 470 g/mol. The Balaban J connectivity index is 1.26. The molecule has 1 amide bonds. The van der Waals surface area contributed by atoms with Gasteiger partial charge in [-0.25, -0.2) is 13.8 Å². The summed E-state index contributed by atoms with van der Waals surface area (Å²) in [6.07, 6.45) is 1.03. The number of piperidine rings is 1. The fourth-order valence-electron chi connectivity index (χ4n) is 3.84. The van der Waals surface area contributed by atoms with Crippen LogP contribution >= 0.6 is 11.3 Å². The molecule has 33 heavy (non-hydrogen) atoms. The van der Waals surface area contributed by atoms with Crippen LogP contribution in [0.3, 0.4) is 0 Å². The van der Waals surface area contributed by atoms with Gasteiger partial charge in [0, 0.05) is 24.4 Å². The van der Waals surface area contributed by atoms with E-state index >= 15 is 0 Å². The number of hydrogen-bond donors (Lipinski definition) is 0. The maximum absolute atomic E-state index is 13.9. The van der Waals surface area contributed by atoms with E-state index in [4.69, 9.17) is 4.74 Å². The van der Waals surface area contributed by atoms with Crippen LogP contribution in [0.1, 0.15) is 39.5 Å². The third kappa shape index (κ3) is 5.82. The lowest BCUT2D eigenvalue weighted by atomic mass is 9.88. The molecule has 0 spiro atoms. The molecule has 172 valence electrons. The van der Waals surface area contributed by atoms with E-state index in [0.717, 1.165) is 34.5 Å². The van der Waals surface area contributed by atoms with Gasteiger partial charge in [-0.15, -0.1) is 11.3 Å². The van der Waals surface area contributed by atoms with Gasteiger partial charge in [-0.2, -0.15) is 0 Å². The number of amides is 1. The molecule has 5 nitrogen and oxygen atoms in total. The minimum Gasteiger partial charge on any atom is -0.486 e. The van der Waals surface area contributed by atoms with E-state index in [-0.39, 0.29) is 17.9 Å². The number of rotatable bonds is 7. The molecule has 0 radical (unpaired) electrons. The van der Waals surface area contributed by atoms with Crippen LogP contribution in [-0.4, -0.2) is 34.7 Å². The van der Waals surface area contributed by atoms with Gasteiger partial charge in [0.2, 0.25) is 5.91 Å². The molecule has 1 aliphatic rings. The van der Waals surface area contributed by atoms with E-state index in [9.17, 15) is 18.4 Å². The van der Waals surface area contributed by atoms with E-state index in [1.165, 1.54) is 11.3 Å². The van der Waals surface area contributed by atoms with E-state index in [0.29, 0.717) is 38.2 Å². The number of ether oxygens (including phenoxy) is 1. The molecule has 0 N–H and O–H groups in total. The highest BCUT2D eigenvalue weighted by molar-refractivity contribution is 7.09. The molecule has 0 bridgehead atoms. The summed E-state index contributed by atoms with van der Waals surface area (Å²) in [6.45, 7) is 3.16. The molecule has 4 rings (SSSR count). The molecule has 0 aliphatic carbocycles. The normalized spacial score (nSPS) is 14.3. The van der Waals surface area contributed by atoms with Crippen LogP contribution < -0.4 is 4.74 Å².